The molecule has 1 aliphatic heterocycles. The Labute approximate surface area is 118 Å². The van der Waals surface area contributed by atoms with E-state index in [1.807, 2.05) is 7.05 Å². The third-order valence-corrected chi connectivity index (χ3v) is 4.09. The highest BCUT2D eigenvalue weighted by Crippen LogP contribution is 2.28. The van der Waals surface area contributed by atoms with E-state index in [4.69, 9.17) is 0 Å². The van der Waals surface area contributed by atoms with Crippen molar-refractivity contribution in [1.29, 1.82) is 0 Å². The molecule has 0 radical (unpaired) electrons. The number of halogens is 1. The van der Waals surface area contributed by atoms with E-state index in [2.05, 4.69) is 37.9 Å². The van der Waals surface area contributed by atoms with Crippen LogP contribution in [-0.4, -0.2) is 37.5 Å². The predicted molar refractivity (Wildman–Crippen MR) is 79.1 cm³/mol. The molecule has 1 unspecified atom stereocenters. The van der Waals surface area contributed by atoms with Crippen LogP contribution in [0.1, 0.15) is 40.5 Å². The fourth-order valence-corrected chi connectivity index (χ4v) is 2.29. The van der Waals surface area contributed by atoms with Gasteiger partial charge in [-0.1, -0.05) is 27.7 Å². The summed E-state index contributed by atoms with van der Waals surface area (Å²) >= 11 is 0. The van der Waals surface area contributed by atoms with Gasteiger partial charge in [-0.3, -0.25) is 4.79 Å². The quantitative estimate of drug-likeness (QED) is 0.859. The second-order valence-electron chi connectivity index (χ2n) is 6.41. The molecule has 108 valence electrons. The van der Waals surface area contributed by atoms with Gasteiger partial charge in [0.05, 0.1) is 0 Å². The number of rotatable bonds is 3. The van der Waals surface area contributed by atoms with Gasteiger partial charge in [-0.05, 0) is 37.8 Å². The zero-order chi connectivity index (χ0) is 13.1. The fourth-order valence-electron chi connectivity index (χ4n) is 2.29. The first-order chi connectivity index (χ1) is 7.86. The van der Waals surface area contributed by atoms with Crippen molar-refractivity contribution in [1.82, 2.24) is 10.2 Å². The summed E-state index contributed by atoms with van der Waals surface area (Å²) < 4.78 is 0. The maximum Gasteiger partial charge on any atom is 0.225 e. The monoisotopic (exact) mass is 276 g/mol. The van der Waals surface area contributed by atoms with E-state index in [0.29, 0.717) is 5.91 Å². The highest BCUT2D eigenvalue weighted by Gasteiger charge is 2.32. The maximum atomic E-state index is 12.3. The number of carbonyl (C=O) groups excluding carboxylic acids is 1. The lowest BCUT2D eigenvalue weighted by Gasteiger charge is -2.36. The van der Waals surface area contributed by atoms with Crippen LogP contribution in [0.4, 0.5) is 0 Å². The molecule has 0 aromatic rings. The minimum atomic E-state index is 0. The van der Waals surface area contributed by atoms with Gasteiger partial charge in [0.1, 0.15) is 0 Å². The van der Waals surface area contributed by atoms with Gasteiger partial charge < -0.3 is 10.2 Å². The molecule has 18 heavy (non-hydrogen) atoms. The molecular weight excluding hydrogens is 248 g/mol. The van der Waals surface area contributed by atoms with Crippen LogP contribution in [0, 0.1) is 17.3 Å². The predicted octanol–water partition coefficient (Wildman–Crippen LogP) is 2.55. The molecular formula is C14H29ClN2O. The largest absolute Gasteiger partial charge is 0.342 e. The second-order valence-corrected chi connectivity index (χ2v) is 6.41. The van der Waals surface area contributed by atoms with Gasteiger partial charge in [0, 0.05) is 19.0 Å². The molecule has 1 amide bonds. The Kier molecular flexibility index (Phi) is 7.23. The van der Waals surface area contributed by atoms with Crippen LogP contribution in [0.25, 0.3) is 0 Å². The Morgan fingerprint density at radius 2 is 1.83 bits per heavy atom. The molecule has 0 aromatic heterocycles. The van der Waals surface area contributed by atoms with Crippen LogP contribution in [0.2, 0.25) is 0 Å². The number of likely N-dealkylation sites (tertiary alicyclic amines) is 1. The van der Waals surface area contributed by atoms with Gasteiger partial charge in [-0.25, -0.2) is 0 Å². The Morgan fingerprint density at radius 3 is 2.22 bits per heavy atom. The van der Waals surface area contributed by atoms with Gasteiger partial charge >= 0.3 is 0 Å². The van der Waals surface area contributed by atoms with Gasteiger partial charge in [-0.15, -0.1) is 12.4 Å². The standard InChI is InChI=1S/C14H28N2O.ClH/c1-11(14(2,3)4)13(17)16-8-6-12(7-9-16)10-15-5;/h11-12,15H,6-10H2,1-5H3;1H. The van der Waals surface area contributed by atoms with Gasteiger partial charge in [0.25, 0.3) is 0 Å². The number of amides is 1. The molecule has 1 fully saturated rings. The first-order valence-corrected chi connectivity index (χ1v) is 6.79. The summed E-state index contributed by atoms with van der Waals surface area (Å²) in [5.74, 6) is 1.19. The van der Waals surface area contributed by atoms with Crippen molar-refractivity contribution in [2.75, 3.05) is 26.7 Å². The third kappa shape index (κ3) is 4.77. The van der Waals surface area contributed by atoms with Crippen LogP contribution in [-0.2, 0) is 4.79 Å². The van der Waals surface area contributed by atoms with Crippen LogP contribution >= 0.6 is 12.4 Å². The molecule has 0 spiro atoms. The summed E-state index contributed by atoms with van der Waals surface area (Å²) in [6, 6.07) is 0. The van der Waals surface area contributed by atoms with E-state index >= 15 is 0 Å². The summed E-state index contributed by atoms with van der Waals surface area (Å²) in [7, 11) is 2.00. The normalized spacial score (nSPS) is 19.3. The van der Waals surface area contributed by atoms with E-state index in [-0.39, 0.29) is 23.7 Å². The van der Waals surface area contributed by atoms with Crippen molar-refractivity contribution >= 4 is 18.3 Å². The smallest absolute Gasteiger partial charge is 0.225 e. The lowest BCUT2D eigenvalue weighted by molar-refractivity contribution is -0.139. The number of nitrogens with one attached hydrogen (secondary N) is 1. The number of hydrogen-bond acceptors (Lipinski definition) is 2. The van der Waals surface area contributed by atoms with Crippen molar-refractivity contribution < 1.29 is 4.79 Å². The number of hydrogen-bond donors (Lipinski definition) is 1. The molecule has 1 N–H and O–H groups in total. The van der Waals surface area contributed by atoms with Crippen molar-refractivity contribution in [2.45, 2.75) is 40.5 Å². The van der Waals surface area contributed by atoms with Gasteiger partial charge in [0.2, 0.25) is 5.91 Å². The molecule has 0 aliphatic carbocycles. The first-order valence-electron chi connectivity index (χ1n) is 6.79. The van der Waals surface area contributed by atoms with E-state index in [1.54, 1.807) is 0 Å². The van der Waals surface area contributed by atoms with Crippen molar-refractivity contribution in [3.05, 3.63) is 0 Å². The van der Waals surface area contributed by atoms with Crippen LogP contribution in [0.5, 0.6) is 0 Å². The summed E-state index contributed by atoms with van der Waals surface area (Å²) in [4.78, 5) is 14.4. The first kappa shape index (κ1) is 17.7. The van der Waals surface area contributed by atoms with Crippen LogP contribution in [0.3, 0.4) is 0 Å². The van der Waals surface area contributed by atoms with Crippen molar-refractivity contribution in [3.63, 3.8) is 0 Å². The fraction of sp³-hybridized carbons (Fsp3) is 0.929. The molecule has 3 nitrogen and oxygen atoms in total. The molecule has 0 saturated carbocycles. The topological polar surface area (TPSA) is 32.3 Å². The summed E-state index contributed by atoms with van der Waals surface area (Å²) in [6.07, 6.45) is 2.28. The SMILES string of the molecule is CNCC1CCN(C(=O)C(C)C(C)(C)C)CC1.Cl. The van der Waals surface area contributed by atoms with Gasteiger partial charge in [0.15, 0.2) is 0 Å². The molecule has 1 saturated heterocycles. The lowest BCUT2D eigenvalue weighted by atomic mass is 9.81. The molecule has 1 rings (SSSR count). The second kappa shape index (κ2) is 7.34. The zero-order valence-corrected chi connectivity index (χ0v) is 13.3. The number of nitrogens with zero attached hydrogens (tertiary/aromatic N) is 1. The van der Waals surface area contributed by atoms with E-state index in [0.717, 1.165) is 38.4 Å². The highest BCUT2D eigenvalue weighted by molar-refractivity contribution is 5.85. The summed E-state index contributed by atoms with van der Waals surface area (Å²) in [5.41, 5.74) is 0.0684. The highest BCUT2D eigenvalue weighted by atomic mass is 35.5. The molecule has 0 bridgehead atoms. The minimum Gasteiger partial charge on any atom is -0.342 e. The third-order valence-electron chi connectivity index (χ3n) is 4.09. The average molecular weight is 277 g/mol. The lowest BCUT2D eigenvalue weighted by Crippen LogP contribution is -2.45. The Morgan fingerprint density at radius 1 is 1.33 bits per heavy atom. The zero-order valence-electron chi connectivity index (χ0n) is 12.5. The van der Waals surface area contributed by atoms with Crippen molar-refractivity contribution in [3.8, 4) is 0 Å². The average Bonchev–Trinajstić information content (AvgIpc) is 2.27. The van der Waals surface area contributed by atoms with Gasteiger partial charge in [-0.2, -0.15) is 0 Å². The van der Waals surface area contributed by atoms with E-state index in [9.17, 15) is 4.79 Å². The van der Waals surface area contributed by atoms with Crippen molar-refractivity contribution in [2.24, 2.45) is 17.3 Å². The molecule has 1 atom stereocenters. The minimum absolute atomic E-state index is 0. The maximum absolute atomic E-state index is 12.3. The number of piperidine rings is 1. The molecule has 0 aromatic carbocycles. The van der Waals surface area contributed by atoms with E-state index < -0.39 is 0 Å². The molecule has 1 heterocycles. The Bertz CT molecular complexity index is 255. The molecule has 1 aliphatic rings. The number of carbonyl (C=O) groups is 1. The van der Waals surface area contributed by atoms with Crippen LogP contribution < -0.4 is 5.32 Å². The summed E-state index contributed by atoms with van der Waals surface area (Å²) in [5, 5.41) is 3.23. The molecule has 4 heteroatoms. The van der Waals surface area contributed by atoms with E-state index in [1.165, 1.54) is 0 Å². The van der Waals surface area contributed by atoms with Crippen LogP contribution in [0.15, 0.2) is 0 Å². The summed E-state index contributed by atoms with van der Waals surface area (Å²) in [6.45, 7) is 11.4. The Balaban J connectivity index is 0.00000289. The Hall–Kier alpha value is -0.280.